The molecule has 3 heteroatoms. The lowest BCUT2D eigenvalue weighted by molar-refractivity contribution is 0.00883. The van der Waals surface area contributed by atoms with Crippen LogP contribution < -0.4 is 0 Å². The lowest BCUT2D eigenvalue weighted by Gasteiger charge is -2.46. The lowest BCUT2D eigenvalue weighted by atomic mass is 9.80. The van der Waals surface area contributed by atoms with Crippen LogP contribution in [0.15, 0.2) is 0 Å². The summed E-state index contributed by atoms with van der Waals surface area (Å²) in [4.78, 5) is 5.06. The molecule has 1 aliphatic carbocycles. The molecule has 0 aromatic heterocycles. The van der Waals surface area contributed by atoms with E-state index in [2.05, 4.69) is 16.7 Å². The Labute approximate surface area is 105 Å². The molecule has 1 unspecified atom stereocenters. The molecule has 1 atom stereocenters. The fraction of sp³-hybridized carbons (Fsp3) is 1.00. The molecule has 0 spiro atoms. The van der Waals surface area contributed by atoms with Crippen LogP contribution in [0.1, 0.15) is 32.6 Å². The maximum Gasteiger partial charge on any atom is 0.0776 e. The minimum absolute atomic E-state index is 0.295. The van der Waals surface area contributed by atoms with Gasteiger partial charge in [0.1, 0.15) is 0 Å². The summed E-state index contributed by atoms with van der Waals surface area (Å²) in [6.07, 6.45) is 4.81. The molecule has 0 amide bonds. The zero-order valence-electron chi connectivity index (χ0n) is 11.1. The third kappa shape index (κ3) is 2.67. The van der Waals surface area contributed by atoms with Crippen molar-refractivity contribution in [2.75, 3.05) is 39.3 Å². The van der Waals surface area contributed by atoms with Gasteiger partial charge >= 0.3 is 0 Å². The van der Waals surface area contributed by atoms with Crippen molar-refractivity contribution in [3.05, 3.63) is 0 Å². The van der Waals surface area contributed by atoms with E-state index in [-0.39, 0.29) is 5.60 Å². The average molecular weight is 238 g/mol. The summed E-state index contributed by atoms with van der Waals surface area (Å²) < 4.78 is 0. The molecule has 3 aliphatic rings. The SMILES string of the molecule is CCN1CC(C2CCCN(CC3(O)CC3)C2)C1. The van der Waals surface area contributed by atoms with E-state index in [4.69, 9.17) is 0 Å². The van der Waals surface area contributed by atoms with E-state index in [1.807, 2.05) is 0 Å². The van der Waals surface area contributed by atoms with Crippen molar-refractivity contribution in [2.45, 2.75) is 38.2 Å². The molecule has 2 saturated heterocycles. The third-order valence-corrected chi connectivity index (χ3v) is 4.99. The molecular formula is C14H26N2O. The van der Waals surface area contributed by atoms with E-state index in [9.17, 15) is 5.11 Å². The summed E-state index contributed by atoms with van der Waals surface area (Å²) in [5.41, 5.74) is -0.295. The summed E-state index contributed by atoms with van der Waals surface area (Å²) >= 11 is 0. The topological polar surface area (TPSA) is 26.7 Å². The smallest absolute Gasteiger partial charge is 0.0776 e. The number of β-amino-alcohol motifs (C(OH)–C–C–N with tert-alkyl or cyclic N) is 1. The van der Waals surface area contributed by atoms with Gasteiger partial charge < -0.3 is 14.9 Å². The van der Waals surface area contributed by atoms with Crippen LogP contribution in [-0.4, -0.2) is 59.8 Å². The maximum atomic E-state index is 10.0. The molecule has 2 aliphatic heterocycles. The molecule has 0 radical (unpaired) electrons. The molecule has 98 valence electrons. The standard InChI is InChI=1S/C14H26N2O/c1-2-15-9-13(10-15)12-4-3-7-16(8-12)11-14(17)5-6-14/h12-13,17H,2-11H2,1H3. The molecule has 17 heavy (non-hydrogen) atoms. The van der Waals surface area contributed by atoms with E-state index >= 15 is 0 Å². The number of likely N-dealkylation sites (tertiary alicyclic amines) is 2. The molecule has 0 aromatic rings. The van der Waals surface area contributed by atoms with Gasteiger partial charge in [0.05, 0.1) is 5.60 Å². The number of piperidine rings is 1. The molecular weight excluding hydrogens is 212 g/mol. The van der Waals surface area contributed by atoms with Gasteiger partial charge in [-0.25, -0.2) is 0 Å². The lowest BCUT2D eigenvalue weighted by Crippen LogP contribution is -2.53. The van der Waals surface area contributed by atoms with Crippen LogP contribution in [0.25, 0.3) is 0 Å². The fourth-order valence-corrected chi connectivity index (χ4v) is 3.50. The molecule has 3 fully saturated rings. The Morgan fingerprint density at radius 3 is 2.47 bits per heavy atom. The van der Waals surface area contributed by atoms with Crippen molar-refractivity contribution in [2.24, 2.45) is 11.8 Å². The maximum absolute atomic E-state index is 10.0. The van der Waals surface area contributed by atoms with Gasteiger partial charge in [-0.05, 0) is 50.6 Å². The first-order chi connectivity index (χ1) is 8.18. The van der Waals surface area contributed by atoms with Crippen LogP contribution >= 0.6 is 0 Å². The van der Waals surface area contributed by atoms with E-state index in [1.165, 1.54) is 45.6 Å². The van der Waals surface area contributed by atoms with Gasteiger partial charge in [-0.1, -0.05) is 6.92 Å². The van der Waals surface area contributed by atoms with Crippen molar-refractivity contribution < 1.29 is 5.11 Å². The van der Waals surface area contributed by atoms with E-state index < -0.39 is 0 Å². The Bertz CT molecular complexity index is 271. The minimum Gasteiger partial charge on any atom is -0.389 e. The monoisotopic (exact) mass is 238 g/mol. The van der Waals surface area contributed by atoms with Crippen LogP contribution in [0.4, 0.5) is 0 Å². The predicted molar refractivity (Wildman–Crippen MR) is 69.0 cm³/mol. The van der Waals surface area contributed by atoms with Crippen molar-refractivity contribution in [3.63, 3.8) is 0 Å². The largest absolute Gasteiger partial charge is 0.389 e. The molecule has 0 bridgehead atoms. The Morgan fingerprint density at radius 2 is 1.82 bits per heavy atom. The van der Waals surface area contributed by atoms with Crippen LogP contribution in [-0.2, 0) is 0 Å². The van der Waals surface area contributed by atoms with Crippen LogP contribution in [0, 0.1) is 11.8 Å². The molecule has 2 heterocycles. The zero-order valence-corrected chi connectivity index (χ0v) is 11.1. The number of nitrogens with zero attached hydrogens (tertiary/aromatic N) is 2. The second kappa shape index (κ2) is 4.52. The Balaban J connectivity index is 1.47. The van der Waals surface area contributed by atoms with Crippen LogP contribution in [0.2, 0.25) is 0 Å². The highest BCUT2D eigenvalue weighted by atomic mass is 16.3. The summed E-state index contributed by atoms with van der Waals surface area (Å²) in [5.74, 6) is 1.83. The van der Waals surface area contributed by atoms with Crippen molar-refractivity contribution in [1.29, 1.82) is 0 Å². The Hall–Kier alpha value is -0.120. The fourth-order valence-electron chi connectivity index (χ4n) is 3.50. The summed E-state index contributed by atoms with van der Waals surface area (Å²) in [6, 6.07) is 0. The van der Waals surface area contributed by atoms with Gasteiger partial charge in [-0.3, -0.25) is 0 Å². The van der Waals surface area contributed by atoms with Crippen molar-refractivity contribution in [3.8, 4) is 0 Å². The number of hydrogen-bond donors (Lipinski definition) is 1. The van der Waals surface area contributed by atoms with Gasteiger partial charge in [-0.2, -0.15) is 0 Å². The first-order valence-corrected chi connectivity index (χ1v) is 7.36. The average Bonchev–Trinajstić information content (AvgIpc) is 2.95. The second-order valence-corrected chi connectivity index (χ2v) is 6.47. The number of rotatable bonds is 4. The summed E-state index contributed by atoms with van der Waals surface area (Å²) in [6.45, 7) is 9.50. The molecule has 0 aromatic carbocycles. The minimum atomic E-state index is -0.295. The van der Waals surface area contributed by atoms with Gasteiger partial charge in [-0.15, -0.1) is 0 Å². The normalized spacial score (nSPS) is 34.6. The van der Waals surface area contributed by atoms with Gasteiger partial charge in [0.2, 0.25) is 0 Å². The first kappa shape index (κ1) is 11.9. The van der Waals surface area contributed by atoms with Gasteiger partial charge in [0.15, 0.2) is 0 Å². The second-order valence-electron chi connectivity index (χ2n) is 6.47. The first-order valence-electron chi connectivity index (χ1n) is 7.36. The van der Waals surface area contributed by atoms with E-state index in [0.717, 1.165) is 31.2 Å². The third-order valence-electron chi connectivity index (χ3n) is 4.99. The Morgan fingerprint density at radius 1 is 1.12 bits per heavy atom. The number of hydrogen-bond acceptors (Lipinski definition) is 3. The number of aliphatic hydroxyl groups is 1. The highest BCUT2D eigenvalue weighted by Crippen LogP contribution is 2.37. The highest BCUT2D eigenvalue weighted by molar-refractivity contribution is 4.97. The van der Waals surface area contributed by atoms with Crippen LogP contribution in [0.3, 0.4) is 0 Å². The van der Waals surface area contributed by atoms with Crippen LogP contribution in [0.5, 0.6) is 0 Å². The molecule has 3 nitrogen and oxygen atoms in total. The quantitative estimate of drug-likeness (QED) is 0.796. The highest BCUT2D eigenvalue weighted by Gasteiger charge is 2.43. The van der Waals surface area contributed by atoms with Crippen molar-refractivity contribution in [1.82, 2.24) is 9.80 Å². The molecule has 1 saturated carbocycles. The van der Waals surface area contributed by atoms with Crippen molar-refractivity contribution >= 4 is 0 Å². The Kier molecular flexibility index (Phi) is 3.18. The van der Waals surface area contributed by atoms with E-state index in [0.29, 0.717) is 0 Å². The zero-order chi connectivity index (χ0) is 11.9. The summed E-state index contributed by atoms with van der Waals surface area (Å²) in [5, 5.41) is 10.0. The summed E-state index contributed by atoms with van der Waals surface area (Å²) in [7, 11) is 0. The van der Waals surface area contributed by atoms with Gasteiger partial charge in [0.25, 0.3) is 0 Å². The molecule has 1 N–H and O–H groups in total. The van der Waals surface area contributed by atoms with E-state index in [1.54, 1.807) is 0 Å². The van der Waals surface area contributed by atoms with Gasteiger partial charge in [0, 0.05) is 26.2 Å². The predicted octanol–water partition coefficient (Wildman–Crippen LogP) is 1.17. The molecule has 3 rings (SSSR count).